The lowest BCUT2D eigenvalue weighted by molar-refractivity contribution is -0.114. The maximum absolute atomic E-state index is 12.8. The van der Waals surface area contributed by atoms with Crippen LogP contribution in [0.1, 0.15) is 17.5 Å². The standard InChI is InChI=1S/C16H18FN3O2S2/c1-3-13-10(2)24-16(19-13)20-15(22)9-23-8-14(21)18-12-6-4-11(17)5-7-12/h4-7H,3,8-9H2,1-2H3,(H,18,21)(H,19,20,22). The van der Waals surface area contributed by atoms with Gasteiger partial charge in [0.25, 0.3) is 0 Å². The van der Waals surface area contributed by atoms with E-state index in [1.165, 1.54) is 47.4 Å². The van der Waals surface area contributed by atoms with E-state index in [1.807, 2.05) is 13.8 Å². The zero-order valence-electron chi connectivity index (χ0n) is 13.4. The van der Waals surface area contributed by atoms with Crippen LogP contribution in [0.3, 0.4) is 0 Å². The first-order valence-corrected chi connectivity index (χ1v) is 9.34. The van der Waals surface area contributed by atoms with Gasteiger partial charge in [-0.05, 0) is 37.6 Å². The molecule has 0 spiro atoms. The van der Waals surface area contributed by atoms with E-state index in [-0.39, 0.29) is 29.1 Å². The minimum Gasteiger partial charge on any atom is -0.325 e. The van der Waals surface area contributed by atoms with E-state index in [9.17, 15) is 14.0 Å². The van der Waals surface area contributed by atoms with Gasteiger partial charge in [-0.25, -0.2) is 9.37 Å². The molecule has 8 heteroatoms. The molecule has 1 aromatic heterocycles. The Bertz CT molecular complexity index is 717. The monoisotopic (exact) mass is 367 g/mol. The van der Waals surface area contributed by atoms with Crippen LogP contribution < -0.4 is 10.6 Å². The summed E-state index contributed by atoms with van der Waals surface area (Å²) in [7, 11) is 0. The van der Waals surface area contributed by atoms with Crippen molar-refractivity contribution in [2.45, 2.75) is 20.3 Å². The fraction of sp³-hybridized carbons (Fsp3) is 0.312. The number of halogens is 1. The first kappa shape index (κ1) is 18.4. The topological polar surface area (TPSA) is 71.1 Å². The zero-order chi connectivity index (χ0) is 17.5. The lowest BCUT2D eigenvalue weighted by Gasteiger charge is -2.05. The predicted octanol–water partition coefficient (Wildman–Crippen LogP) is 3.46. The molecule has 5 nitrogen and oxygen atoms in total. The second kappa shape index (κ2) is 8.79. The molecular formula is C16H18FN3O2S2. The molecule has 1 heterocycles. The highest BCUT2D eigenvalue weighted by Crippen LogP contribution is 2.22. The Labute approximate surface area is 148 Å². The molecule has 0 atom stereocenters. The number of anilines is 2. The highest BCUT2D eigenvalue weighted by molar-refractivity contribution is 8.00. The maximum atomic E-state index is 12.8. The summed E-state index contributed by atoms with van der Waals surface area (Å²) in [5.74, 6) is -0.481. The number of nitrogens with one attached hydrogen (secondary N) is 2. The molecule has 128 valence electrons. The number of amides is 2. The highest BCUT2D eigenvalue weighted by atomic mass is 32.2. The second-order valence-electron chi connectivity index (χ2n) is 4.97. The largest absolute Gasteiger partial charge is 0.325 e. The molecule has 24 heavy (non-hydrogen) atoms. The summed E-state index contributed by atoms with van der Waals surface area (Å²) in [5.41, 5.74) is 1.51. The zero-order valence-corrected chi connectivity index (χ0v) is 15.0. The highest BCUT2D eigenvalue weighted by Gasteiger charge is 2.10. The van der Waals surface area contributed by atoms with Crippen molar-refractivity contribution in [3.05, 3.63) is 40.7 Å². The van der Waals surface area contributed by atoms with Crippen LogP contribution in [0.2, 0.25) is 0 Å². The number of nitrogens with zero attached hydrogens (tertiary/aromatic N) is 1. The van der Waals surface area contributed by atoms with Crippen molar-refractivity contribution in [3.63, 3.8) is 0 Å². The van der Waals surface area contributed by atoms with Crippen LogP contribution in [0, 0.1) is 12.7 Å². The first-order valence-electron chi connectivity index (χ1n) is 7.37. The number of benzene rings is 1. The summed E-state index contributed by atoms with van der Waals surface area (Å²) >= 11 is 2.65. The number of rotatable bonds is 7. The minimum atomic E-state index is -0.359. The molecule has 0 bridgehead atoms. The Kier molecular flexibility index (Phi) is 6.74. The summed E-state index contributed by atoms with van der Waals surface area (Å²) in [4.78, 5) is 29.1. The van der Waals surface area contributed by atoms with Crippen LogP contribution in [0.25, 0.3) is 0 Å². The van der Waals surface area contributed by atoms with Gasteiger partial charge in [-0.3, -0.25) is 9.59 Å². The van der Waals surface area contributed by atoms with E-state index in [4.69, 9.17) is 0 Å². The summed E-state index contributed by atoms with van der Waals surface area (Å²) in [6.45, 7) is 3.99. The van der Waals surface area contributed by atoms with Crippen molar-refractivity contribution in [2.24, 2.45) is 0 Å². The average Bonchev–Trinajstić information content (AvgIpc) is 2.89. The van der Waals surface area contributed by atoms with Crippen LogP contribution in [-0.4, -0.2) is 28.3 Å². The van der Waals surface area contributed by atoms with Crippen LogP contribution in [-0.2, 0) is 16.0 Å². The van der Waals surface area contributed by atoms with Gasteiger partial charge in [0.2, 0.25) is 11.8 Å². The van der Waals surface area contributed by atoms with E-state index in [0.717, 1.165) is 17.0 Å². The molecule has 0 aliphatic heterocycles. The Morgan fingerprint density at radius 1 is 1.17 bits per heavy atom. The molecule has 2 amide bonds. The molecule has 2 N–H and O–H groups in total. The van der Waals surface area contributed by atoms with Crippen molar-refractivity contribution < 1.29 is 14.0 Å². The third kappa shape index (κ3) is 5.61. The summed E-state index contributed by atoms with van der Waals surface area (Å²) in [5, 5.41) is 5.97. The van der Waals surface area contributed by atoms with Gasteiger partial charge in [-0.15, -0.1) is 23.1 Å². The molecular weight excluding hydrogens is 349 g/mol. The van der Waals surface area contributed by atoms with Gasteiger partial charge in [-0.2, -0.15) is 0 Å². The molecule has 2 rings (SSSR count). The SMILES string of the molecule is CCc1nc(NC(=O)CSCC(=O)Nc2ccc(F)cc2)sc1C. The normalized spacial score (nSPS) is 10.5. The van der Waals surface area contributed by atoms with E-state index in [0.29, 0.717) is 10.8 Å². The molecule has 0 saturated carbocycles. The lowest BCUT2D eigenvalue weighted by Crippen LogP contribution is -2.18. The molecule has 0 unspecified atom stereocenters. The Morgan fingerprint density at radius 2 is 1.79 bits per heavy atom. The maximum Gasteiger partial charge on any atom is 0.236 e. The van der Waals surface area contributed by atoms with Crippen LogP contribution in [0.15, 0.2) is 24.3 Å². The Hall–Kier alpha value is -1.93. The number of carbonyl (C=O) groups excluding carboxylic acids is 2. The Morgan fingerprint density at radius 3 is 2.38 bits per heavy atom. The minimum absolute atomic E-state index is 0.141. The number of hydrogen-bond donors (Lipinski definition) is 2. The smallest absolute Gasteiger partial charge is 0.236 e. The molecule has 0 aliphatic rings. The molecule has 2 aromatic rings. The summed E-state index contributed by atoms with van der Waals surface area (Å²) in [6.07, 6.45) is 0.830. The quantitative estimate of drug-likeness (QED) is 0.786. The lowest BCUT2D eigenvalue weighted by atomic mass is 10.3. The molecule has 0 fully saturated rings. The van der Waals surface area contributed by atoms with Crippen LogP contribution in [0.4, 0.5) is 15.2 Å². The number of hydrogen-bond acceptors (Lipinski definition) is 5. The van der Waals surface area contributed by atoms with E-state index < -0.39 is 0 Å². The average molecular weight is 367 g/mol. The van der Waals surface area contributed by atoms with Crippen molar-refractivity contribution in [1.29, 1.82) is 0 Å². The van der Waals surface area contributed by atoms with E-state index in [1.54, 1.807) is 0 Å². The predicted molar refractivity (Wildman–Crippen MR) is 97.2 cm³/mol. The number of thioether (sulfide) groups is 1. The molecule has 0 radical (unpaired) electrons. The summed E-state index contributed by atoms with van der Waals surface area (Å²) in [6, 6.07) is 5.52. The van der Waals surface area contributed by atoms with Gasteiger partial charge >= 0.3 is 0 Å². The van der Waals surface area contributed by atoms with Crippen molar-refractivity contribution in [1.82, 2.24) is 4.98 Å². The number of thiazole rings is 1. The second-order valence-corrected chi connectivity index (χ2v) is 7.16. The van der Waals surface area contributed by atoms with Crippen molar-refractivity contribution in [3.8, 4) is 0 Å². The van der Waals surface area contributed by atoms with Gasteiger partial charge < -0.3 is 10.6 Å². The van der Waals surface area contributed by atoms with Crippen LogP contribution >= 0.6 is 23.1 Å². The van der Waals surface area contributed by atoms with Crippen molar-refractivity contribution in [2.75, 3.05) is 22.1 Å². The van der Waals surface area contributed by atoms with Gasteiger partial charge in [0.1, 0.15) is 5.82 Å². The molecule has 0 aliphatic carbocycles. The van der Waals surface area contributed by atoms with Gasteiger partial charge in [0.05, 0.1) is 17.2 Å². The fourth-order valence-electron chi connectivity index (χ4n) is 1.93. The van der Waals surface area contributed by atoms with E-state index >= 15 is 0 Å². The fourth-order valence-corrected chi connectivity index (χ4v) is 3.47. The summed E-state index contributed by atoms with van der Waals surface area (Å²) < 4.78 is 12.8. The number of aryl methyl sites for hydroxylation is 2. The van der Waals surface area contributed by atoms with Gasteiger partial charge in [-0.1, -0.05) is 6.92 Å². The first-order chi connectivity index (χ1) is 11.5. The Balaban J connectivity index is 1.71. The van der Waals surface area contributed by atoms with Gasteiger partial charge in [0.15, 0.2) is 5.13 Å². The molecule has 1 aromatic carbocycles. The number of carbonyl (C=O) groups is 2. The third-order valence-corrected chi connectivity index (χ3v) is 4.93. The van der Waals surface area contributed by atoms with E-state index in [2.05, 4.69) is 15.6 Å². The molecule has 0 saturated heterocycles. The third-order valence-electron chi connectivity index (χ3n) is 3.07. The number of aromatic nitrogens is 1. The van der Waals surface area contributed by atoms with Crippen molar-refractivity contribution >= 4 is 45.7 Å². The van der Waals surface area contributed by atoms with Gasteiger partial charge in [0, 0.05) is 10.6 Å². The van der Waals surface area contributed by atoms with Crippen LogP contribution in [0.5, 0.6) is 0 Å².